The van der Waals surface area contributed by atoms with Crippen LogP contribution in [-0.2, 0) is 33.1 Å². The van der Waals surface area contributed by atoms with Gasteiger partial charge < -0.3 is 9.47 Å². The Morgan fingerprint density at radius 2 is 2.07 bits per heavy atom. The normalized spacial score (nSPS) is 16.8. The highest BCUT2D eigenvalue weighted by atomic mass is 32.2. The van der Waals surface area contributed by atoms with Crippen molar-refractivity contribution >= 4 is 32.3 Å². The fourth-order valence-corrected chi connectivity index (χ4v) is 5.02. The number of carbonyl (C=O) groups is 1. The lowest BCUT2D eigenvalue weighted by molar-refractivity contribution is -0.120. The summed E-state index contributed by atoms with van der Waals surface area (Å²) in [6, 6.07) is 11.4. The van der Waals surface area contributed by atoms with Crippen LogP contribution in [0.25, 0.3) is 10.9 Å². The molecule has 30 heavy (non-hydrogen) atoms. The molecule has 5 rings (SSSR count). The third-order valence-corrected chi connectivity index (χ3v) is 7.09. The largest absolute Gasteiger partial charge is 0.342 e. The van der Waals surface area contributed by atoms with Crippen LogP contribution in [0.2, 0.25) is 0 Å². The van der Waals surface area contributed by atoms with Gasteiger partial charge in [0, 0.05) is 35.6 Å². The van der Waals surface area contributed by atoms with E-state index in [4.69, 9.17) is 0 Å². The number of nitriles is 1. The van der Waals surface area contributed by atoms with Crippen molar-refractivity contribution in [3.8, 4) is 6.07 Å². The molecule has 7 nitrogen and oxygen atoms in total. The Kier molecular flexibility index (Phi) is 4.02. The summed E-state index contributed by atoms with van der Waals surface area (Å²) in [5.74, 6) is 0.0577. The summed E-state index contributed by atoms with van der Waals surface area (Å²) in [6.45, 7) is 0.572. The maximum Gasteiger partial charge on any atom is 0.238 e. The van der Waals surface area contributed by atoms with Crippen LogP contribution in [0.15, 0.2) is 42.7 Å². The molecular formula is C22H20N4O3S. The first-order chi connectivity index (χ1) is 14.3. The van der Waals surface area contributed by atoms with Gasteiger partial charge in [-0.1, -0.05) is 6.07 Å². The Hall–Kier alpha value is -3.18. The minimum Gasteiger partial charge on any atom is -0.342 e. The van der Waals surface area contributed by atoms with E-state index in [1.165, 1.54) is 6.26 Å². The molecule has 8 heteroatoms. The van der Waals surface area contributed by atoms with Gasteiger partial charge in [0.05, 0.1) is 41.2 Å². The number of pyridine rings is 1. The quantitative estimate of drug-likeness (QED) is 0.632. The average Bonchev–Trinajstić information content (AvgIpc) is 3.40. The number of amides is 1. The summed E-state index contributed by atoms with van der Waals surface area (Å²) in [5.41, 5.74) is 3.56. The number of hydrogen-bond acceptors (Lipinski definition) is 5. The smallest absolute Gasteiger partial charge is 0.238 e. The summed E-state index contributed by atoms with van der Waals surface area (Å²) >= 11 is 0. The third kappa shape index (κ3) is 2.81. The Morgan fingerprint density at radius 3 is 2.77 bits per heavy atom. The third-order valence-electron chi connectivity index (χ3n) is 6.17. The van der Waals surface area contributed by atoms with E-state index in [0.29, 0.717) is 12.1 Å². The van der Waals surface area contributed by atoms with Crippen LogP contribution in [0.3, 0.4) is 0 Å². The highest BCUT2D eigenvalue weighted by molar-refractivity contribution is 7.90. The second-order valence-electron chi connectivity index (χ2n) is 8.13. The predicted octanol–water partition coefficient (Wildman–Crippen LogP) is 2.53. The van der Waals surface area contributed by atoms with Crippen LogP contribution < -0.4 is 4.90 Å². The molecule has 0 atom stereocenters. The van der Waals surface area contributed by atoms with Crippen molar-refractivity contribution in [3.63, 3.8) is 0 Å². The molecule has 1 aromatic carbocycles. The van der Waals surface area contributed by atoms with E-state index in [9.17, 15) is 18.5 Å². The van der Waals surface area contributed by atoms with Crippen molar-refractivity contribution in [1.82, 2.24) is 9.55 Å². The minimum atomic E-state index is -3.17. The zero-order chi connectivity index (χ0) is 21.1. The van der Waals surface area contributed by atoms with Gasteiger partial charge in [-0.3, -0.25) is 9.78 Å². The van der Waals surface area contributed by atoms with Gasteiger partial charge in [0.2, 0.25) is 5.91 Å². The van der Waals surface area contributed by atoms with Gasteiger partial charge in [-0.15, -0.1) is 0 Å². The topological polar surface area (TPSA) is 96.1 Å². The van der Waals surface area contributed by atoms with Crippen LogP contribution >= 0.6 is 0 Å². The van der Waals surface area contributed by atoms with E-state index >= 15 is 0 Å². The number of aryl methyl sites for hydroxylation is 1. The molecule has 1 amide bonds. The molecule has 0 radical (unpaired) electrons. The molecule has 1 aliphatic heterocycles. The number of rotatable bonds is 5. The second-order valence-corrected chi connectivity index (χ2v) is 10.4. The molecular weight excluding hydrogens is 400 g/mol. The lowest BCUT2D eigenvalue weighted by atomic mass is 9.99. The van der Waals surface area contributed by atoms with Crippen LogP contribution in [0.1, 0.15) is 29.7 Å². The summed E-state index contributed by atoms with van der Waals surface area (Å²) < 4.78 is 25.5. The minimum absolute atomic E-state index is 0.0173. The molecule has 1 spiro atoms. The maximum atomic E-state index is 13.3. The van der Waals surface area contributed by atoms with Crippen LogP contribution in [-0.4, -0.2) is 35.9 Å². The van der Waals surface area contributed by atoms with Crippen LogP contribution in [0.5, 0.6) is 0 Å². The van der Waals surface area contributed by atoms with Gasteiger partial charge in [-0.05, 0) is 42.7 Å². The number of sulfone groups is 1. The Bertz CT molecular complexity index is 1350. The van der Waals surface area contributed by atoms with Crippen molar-refractivity contribution in [3.05, 3.63) is 59.5 Å². The first-order valence-corrected chi connectivity index (χ1v) is 11.9. The maximum absolute atomic E-state index is 13.3. The van der Waals surface area contributed by atoms with Crippen LogP contribution in [0, 0.1) is 11.3 Å². The fraction of sp³-hybridized carbons (Fsp3) is 0.318. The lowest BCUT2D eigenvalue weighted by Crippen LogP contribution is -2.32. The zero-order valence-electron chi connectivity index (χ0n) is 16.5. The highest BCUT2D eigenvalue weighted by Gasteiger charge is 2.59. The van der Waals surface area contributed by atoms with E-state index in [1.54, 1.807) is 29.4 Å². The summed E-state index contributed by atoms with van der Waals surface area (Å²) in [6.07, 6.45) is 6.34. The Balaban J connectivity index is 1.61. The van der Waals surface area contributed by atoms with Crippen molar-refractivity contribution in [1.29, 1.82) is 5.26 Å². The van der Waals surface area contributed by atoms with Gasteiger partial charge >= 0.3 is 0 Å². The van der Waals surface area contributed by atoms with Gasteiger partial charge in [-0.25, -0.2) is 8.42 Å². The summed E-state index contributed by atoms with van der Waals surface area (Å²) in [4.78, 5) is 19.2. The number of benzene rings is 1. The Morgan fingerprint density at radius 1 is 1.27 bits per heavy atom. The van der Waals surface area contributed by atoms with Crippen molar-refractivity contribution in [2.75, 3.05) is 16.9 Å². The molecule has 1 aliphatic carbocycles. The van der Waals surface area contributed by atoms with Gasteiger partial charge in [0.25, 0.3) is 0 Å². The number of aromatic nitrogens is 2. The van der Waals surface area contributed by atoms with E-state index < -0.39 is 15.3 Å². The molecule has 2 aliphatic rings. The van der Waals surface area contributed by atoms with Gasteiger partial charge in [0.15, 0.2) is 0 Å². The van der Waals surface area contributed by atoms with Crippen molar-refractivity contribution in [2.45, 2.75) is 31.3 Å². The molecule has 152 valence electrons. The predicted molar refractivity (Wildman–Crippen MR) is 113 cm³/mol. The molecule has 3 heterocycles. The number of carbonyl (C=O) groups excluding carboxylic acids is 1. The second kappa shape index (κ2) is 6.41. The Labute approximate surface area is 174 Å². The molecule has 1 saturated carbocycles. The standard InChI is InChI=1S/C22H20N4O3S/c1-30(28,29)10-9-25-16(11-17-15(12-23)3-2-4-19(17)25)14-26-20-13-24-8-5-18(20)22(6-7-22)21(26)27/h2-5,8,11,13H,6-7,9-10,14H2,1H3. The average molecular weight is 420 g/mol. The number of hydrogen-bond donors (Lipinski definition) is 0. The number of anilines is 1. The van der Waals surface area contributed by atoms with Crippen molar-refractivity contribution < 1.29 is 13.2 Å². The molecule has 1 fully saturated rings. The van der Waals surface area contributed by atoms with Crippen molar-refractivity contribution in [2.24, 2.45) is 0 Å². The van der Waals surface area contributed by atoms with E-state index in [2.05, 4.69) is 11.1 Å². The SMILES string of the molecule is CS(=O)(=O)CCn1c(CN2C(=O)C3(CC3)c3ccncc32)cc2c(C#N)cccc21. The first-order valence-electron chi connectivity index (χ1n) is 9.79. The van der Waals surface area contributed by atoms with Crippen LogP contribution in [0.4, 0.5) is 5.69 Å². The number of fused-ring (bicyclic) bond motifs is 3. The molecule has 0 unspecified atom stereocenters. The monoisotopic (exact) mass is 420 g/mol. The molecule has 0 bridgehead atoms. The van der Waals surface area contributed by atoms with E-state index in [-0.39, 0.29) is 18.2 Å². The van der Waals surface area contributed by atoms with E-state index in [0.717, 1.165) is 40.7 Å². The summed E-state index contributed by atoms with van der Waals surface area (Å²) in [5, 5.41) is 10.3. The fourth-order valence-electron chi connectivity index (χ4n) is 4.50. The summed E-state index contributed by atoms with van der Waals surface area (Å²) in [7, 11) is -3.17. The first kappa shape index (κ1) is 18.8. The number of nitrogens with zero attached hydrogens (tertiary/aromatic N) is 4. The zero-order valence-corrected chi connectivity index (χ0v) is 17.3. The molecule has 0 saturated heterocycles. The lowest BCUT2D eigenvalue weighted by Gasteiger charge is -2.19. The highest BCUT2D eigenvalue weighted by Crippen LogP contribution is 2.57. The molecule has 2 aromatic heterocycles. The molecule has 3 aromatic rings. The van der Waals surface area contributed by atoms with Gasteiger partial charge in [-0.2, -0.15) is 5.26 Å². The molecule has 0 N–H and O–H groups in total. The van der Waals surface area contributed by atoms with Gasteiger partial charge in [0.1, 0.15) is 9.84 Å². The van der Waals surface area contributed by atoms with E-state index in [1.807, 2.05) is 22.8 Å².